The molecule has 0 unspecified atom stereocenters. The second-order valence-corrected chi connectivity index (χ2v) is 8.96. The number of piperazine rings is 1. The standard InChI is InChI=1S/C21H28N2O3S/c1-18-6-3-10-21(16-18)27(24,25)23-14-12-22(13-15-23)11-5-8-19-7-4-9-20(17-19)26-2/h3-4,6-7,9-10,16-17H,5,8,11-15H2,1-2H3. The highest BCUT2D eigenvalue weighted by Gasteiger charge is 2.28. The number of hydrogen-bond acceptors (Lipinski definition) is 4. The number of sulfonamides is 1. The van der Waals surface area contributed by atoms with Crippen LogP contribution in [0.4, 0.5) is 0 Å². The summed E-state index contributed by atoms with van der Waals surface area (Å²) in [6.07, 6.45) is 2.05. The third kappa shape index (κ3) is 5.09. The summed E-state index contributed by atoms with van der Waals surface area (Å²) in [4.78, 5) is 2.75. The smallest absolute Gasteiger partial charge is 0.243 e. The maximum Gasteiger partial charge on any atom is 0.243 e. The van der Waals surface area contributed by atoms with Gasteiger partial charge in [0.1, 0.15) is 5.75 Å². The predicted molar refractivity (Wildman–Crippen MR) is 108 cm³/mol. The van der Waals surface area contributed by atoms with Gasteiger partial charge in [-0.2, -0.15) is 4.31 Å². The number of hydrogen-bond donors (Lipinski definition) is 0. The highest BCUT2D eigenvalue weighted by Crippen LogP contribution is 2.19. The number of rotatable bonds is 7. The van der Waals surface area contributed by atoms with Crippen LogP contribution in [0.5, 0.6) is 5.75 Å². The Morgan fingerprint density at radius 1 is 1.00 bits per heavy atom. The average Bonchev–Trinajstić information content (AvgIpc) is 2.68. The number of benzene rings is 2. The van der Waals surface area contributed by atoms with Gasteiger partial charge in [0.2, 0.25) is 10.0 Å². The Morgan fingerprint density at radius 3 is 2.44 bits per heavy atom. The summed E-state index contributed by atoms with van der Waals surface area (Å²) in [6.45, 7) is 5.56. The minimum atomic E-state index is -3.39. The molecule has 2 aromatic carbocycles. The molecule has 0 amide bonds. The Morgan fingerprint density at radius 2 is 1.74 bits per heavy atom. The molecule has 0 spiro atoms. The Balaban J connectivity index is 1.48. The fraction of sp³-hybridized carbons (Fsp3) is 0.429. The molecule has 0 radical (unpaired) electrons. The molecular weight excluding hydrogens is 360 g/mol. The van der Waals surface area contributed by atoms with Gasteiger partial charge in [-0.05, 0) is 61.7 Å². The second kappa shape index (κ2) is 8.87. The molecule has 0 bridgehead atoms. The normalized spacial score (nSPS) is 16.4. The Labute approximate surface area is 162 Å². The molecule has 1 aliphatic rings. The SMILES string of the molecule is COc1cccc(CCCN2CCN(S(=O)(=O)c3cccc(C)c3)CC2)c1. The first kappa shape index (κ1) is 19.9. The van der Waals surface area contributed by atoms with Gasteiger partial charge in [-0.15, -0.1) is 0 Å². The van der Waals surface area contributed by atoms with Crippen molar-refractivity contribution in [3.8, 4) is 5.75 Å². The van der Waals surface area contributed by atoms with Gasteiger partial charge < -0.3 is 9.64 Å². The van der Waals surface area contributed by atoms with Gasteiger partial charge >= 0.3 is 0 Å². The van der Waals surface area contributed by atoms with E-state index in [0.717, 1.165) is 43.8 Å². The number of nitrogens with zero attached hydrogens (tertiary/aromatic N) is 2. The first-order chi connectivity index (χ1) is 13.0. The van der Waals surface area contributed by atoms with E-state index in [2.05, 4.69) is 17.0 Å². The van der Waals surface area contributed by atoms with Crippen molar-refractivity contribution in [2.24, 2.45) is 0 Å². The first-order valence-corrected chi connectivity index (χ1v) is 10.8. The molecule has 0 aromatic heterocycles. The van der Waals surface area contributed by atoms with E-state index in [9.17, 15) is 8.42 Å². The lowest BCUT2D eigenvalue weighted by atomic mass is 10.1. The van der Waals surface area contributed by atoms with E-state index in [-0.39, 0.29) is 0 Å². The molecule has 3 rings (SSSR count). The fourth-order valence-corrected chi connectivity index (χ4v) is 4.98. The van der Waals surface area contributed by atoms with Crippen molar-refractivity contribution in [1.82, 2.24) is 9.21 Å². The molecule has 27 heavy (non-hydrogen) atoms. The summed E-state index contributed by atoms with van der Waals surface area (Å²) in [6, 6.07) is 15.3. The highest BCUT2D eigenvalue weighted by atomic mass is 32.2. The molecule has 146 valence electrons. The minimum Gasteiger partial charge on any atom is -0.497 e. The lowest BCUT2D eigenvalue weighted by Crippen LogP contribution is -2.48. The molecule has 1 aliphatic heterocycles. The molecule has 1 heterocycles. The molecule has 0 N–H and O–H groups in total. The van der Waals surface area contributed by atoms with Crippen molar-refractivity contribution >= 4 is 10.0 Å². The zero-order valence-corrected chi connectivity index (χ0v) is 16.9. The molecule has 2 aromatic rings. The lowest BCUT2D eigenvalue weighted by Gasteiger charge is -2.34. The number of ether oxygens (including phenoxy) is 1. The van der Waals surface area contributed by atoms with Crippen LogP contribution in [0.15, 0.2) is 53.4 Å². The topological polar surface area (TPSA) is 49.9 Å². The molecule has 6 heteroatoms. The highest BCUT2D eigenvalue weighted by molar-refractivity contribution is 7.89. The summed E-state index contributed by atoms with van der Waals surface area (Å²) in [5.41, 5.74) is 2.24. The van der Waals surface area contributed by atoms with Crippen molar-refractivity contribution in [2.75, 3.05) is 39.8 Å². The zero-order valence-electron chi connectivity index (χ0n) is 16.1. The van der Waals surface area contributed by atoms with Crippen LogP contribution in [0.1, 0.15) is 17.5 Å². The maximum atomic E-state index is 12.8. The summed E-state index contributed by atoms with van der Waals surface area (Å²) < 4.78 is 32.5. The molecule has 5 nitrogen and oxygen atoms in total. The Bertz CT molecular complexity index is 859. The number of methoxy groups -OCH3 is 1. The third-order valence-electron chi connectivity index (χ3n) is 5.03. The van der Waals surface area contributed by atoms with E-state index in [4.69, 9.17) is 4.74 Å². The zero-order chi connectivity index (χ0) is 19.3. The van der Waals surface area contributed by atoms with Crippen LogP contribution < -0.4 is 4.74 Å². The first-order valence-electron chi connectivity index (χ1n) is 9.41. The van der Waals surface area contributed by atoms with Crippen LogP contribution in [0.25, 0.3) is 0 Å². The van der Waals surface area contributed by atoms with Crippen LogP contribution in [0.3, 0.4) is 0 Å². The van der Waals surface area contributed by atoms with Gasteiger partial charge in [-0.3, -0.25) is 0 Å². The van der Waals surface area contributed by atoms with E-state index in [1.807, 2.05) is 25.1 Å². The summed E-state index contributed by atoms with van der Waals surface area (Å²) in [5, 5.41) is 0. The van der Waals surface area contributed by atoms with Crippen molar-refractivity contribution < 1.29 is 13.2 Å². The molecule has 1 fully saturated rings. The monoisotopic (exact) mass is 388 g/mol. The van der Waals surface area contributed by atoms with Crippen LogP contribution in [-0.2, 0) is 16.4 Å². The van der Waals surface area contributed by atoms with Crippen LogP contribution in [-0.4, -0.2) is 57.5 Å². The van der Waals surface area contributed by atoms with E-state index in [0.29, 0.717) is 18.0 Å². The molecule has 0 saturated carbocycles. The Kier molecular flexibility index (Phi) is 6.52. The van der Waals surface area contributed by atoms with Crippen molar-refractivity contribution in [3.63, 3.8) is 0 Å². The van der Waals surface area contributed by atoms with Gasteiger partial charge in [-0.1, -0.05) is 24.3 Å². The van der Waals surface area contributed by atoms with E-state index in [1.54, 1.807) is 29.6 Å². The largest absolute Gasteiger partial charge is 0.497 e. The maximum absolute atomic E-state index is 12.8. The van der Waals surface area contributed by atoms with Crippen LogP contribution in [0.2, 0.25) is 0 Å². The van der Waals surface area contributed by atoms with Gasteiger partial charge in [0.25, 0.3) is 0 Å². The molecule has 0 atom stereocenters. The van der Waals surface area contributed by atoms with Crippen molar-refractivity contribution in [2.45, 2.75) is 24.7 Å². The Hall–Kier alpha value is -1.89. The molecule has 0 aliphatic carbocycles. The third-order valence-corrected chi connectivity index (χ3v) is 6.93. The van der Waals surface area contributed by atoms with Crippen LogP contribution in [0, 0.1) is 6.92 Å². The molecular formula is C21H28N2O3S. The summed E-state index contributed by atoms with van der Waals surface area (Å²) in [7, 11) is -1.70. The van der Waals surface area contributed by atoms with Gasteiger partial charge in [0, 0.05) is 26.2 Å². The quantitative estimate of drug-likeness (QED) is 0.732. The van der Waals surface area contributed by atoms with Crippen LogP contribution >= 0.6 is 0 Å². The van der Waals surface area contributed by atoms with Crippen molar-refractivity contribution in [3.05, 3.63) is 59.7 Å². The molecule has 1 saturated heterocycles. The van der Waals surface area contributed by atoms with E-state index < -0.39 is 10.0 Å². The fourth-order valence-electron chi connectivity index (χ4n) is 3.45. The summed E-state index contributed by atoms with van der Waals surface area (Å²) in [5.74, 6) is 0.891. The van der Waals surface area contributed by atoms with E-state index >= 15 is 0 Å². The minimum absolute atomic E-state index is 0.397. The lowest BCUT2D eigenvalue weighted by molar-refractivity contribution is 0.187. The second-order valence-electron chi connectivity index (χ2n) is 7.02. The average molecular weight is 389 g/mol. The van der Waals surface area contributed by atoms with Crippen molar-refractivity contribution in [1.29, 1.82) is 0 Å². The summed E-state index contributed by atoms with van der Waals surface area (Å²) >= 11 is 0. The number of aryl methyl sites for hydroxylation is 2. The van der Waals surface area contributed by atoms with Gasteiger partial charge in [0.15, 0.2) is 0 Å². The van der Waals surface area contributed by atoms with Gasteiger partial charge in [0.05, 0.1) is 12.0 Å². The van der Waals surface area contributed by atoms with E-state index in [1.165, 1.54) is 5.56 Å². The van der Waals surface area contributed by atoms with Gasteiger partial charge in [-0.25, -0.2) is 8.42 Å². The predicted octanol–water partition coefficient (Wildman–Crippen LogP) is 2.94.